The van der Waals surface area contributed by atoms with Crippen LogP contribution < -0.4 is 5.32 Å². The summed E-state index contributed by atoms with van der Waals surface area (Å²) in [6.07, 6.45) is 3.86. The first kappa shape index (κ1) is 15.9. The minimum Gasteiger partial charge on any atom is -0.337 e. The fourth-order valence-electron chi connectivity index (χ4n) is 2.74. The molecule has 3 rings (SSSR count). The van der Waals surface area contributed by atoms with Gasteiger partial charge in [0.2, 0.25) is 5.95 Å². The zero-order valence-corrected chi connectivity index (χ0v) is 14.6. The Morgan fingerprint density at radius 2 is 2.09 bits per heavy atom. The fourth-order valence-corrected chi connectivity index (χ4v) is 3.00. The third-order valence-electron chi connectivity index (χ3n) is 3.92. The van der Waals surface area contributed by atoms with E-state index in [1.807, 2.05) is 29.2 Å². The van der Waals surface area contributed by atoms with E-state index in [0.717, 1.165) is 29.7 Å². The van der Waals surface area contributed by atoms with Crippen molar-refractivity contribution in [3.63, 3.8) is 0 Å². The topological polar surface area (TPSA) is 58.1 Å². The van der Waals surface area contributed by atoms with Crippen LogP contribution in [0.2, 0.25) is 0 Å². The van der Waals surface area contributed by atoms with Crippen molar-refractivity contribution in [2.75, 3.05) is 18.4 Å². The van der Waals surface area contributed by atoms with E-state index >= 15 is 0 Å². The lowest BCUT2D eigenvalue weighted by atomic mass is 10.00. The Morgan fingerprint density at radius 1 is 1.30 bits per heavy atom. The number of carbonyl (C=O) groups excluding carboxylic acids is 1. The Labute approximate surface area is 144 Å². The summed E-state index contributed by atoms with van der Waals surface area (Å²) in [6.45, 7) is 3.79. The maximum Gasteiger partial charge on any atom is 0.272 e. The molecular formula is C17H19BrN4O. The third kappa shape index (κ3) is 4.07. The summed E-state index contributed by atoms with van der Waals surface area (Å²) in [7, 11) is 0. The van der Waals surface area contributed by atoms with Crippen molar-refractivity contribution in [3.05, 3.63) is 46.7 Å². The van der Waals surface area contributed by atoms with Gasteiger partial charge in [-0.3, -0.25) is 4.79 Å². The molecule has 2 aromatic rings. The molecule has 0 radical (unpaired) electrons. The number of halogens is 1. The SMILES string of the molecule is CC1CCCN(C(=O)c2ccnc(Nc3ccc(Br)cc3)n2)C1. The smallest absolute Gasteiger partial charge is 0.272 e. The van der Waals surface area contributed by atoms with Crippen molar-refractivity contribution in [2.45, 2.75) is 19.8 Å². The maximum atomic E-state index is 12.6. The van der Waals surface area contributed by atoms with E-state index in [1.165, 1.54) is 6.42 Å². The molecule has 1 atom stereocenters. The van der Waals surface area contributed by atoms with Crippen LogP contribution in [-0.2, 0) is 0 Å². The average molecular weight is 375 g/mol. The molecule has 1 saturated heterocycles. The molecule has 0 saturated carbocycles. The molecule has 1 aromatic heterocycles. The highest BCUT2D eigenvalue weighted by atomic mass is 79.9. The Kier molecular flexibility index (Phi) is 4.91. The van der Waals surface area contributed by atoms with Crippen molar-refractivity contribution < 1.29 is 4.79 Å². The number of piperidine rings is 1. The molecule has 120 valence electrons. The van der Waals surface area contributed by atoms with Gasteiger partial charge in [-0.25, -0.2) is 9.97 Å². The molecule has 0 aliphatic carbocycles. The lowest BCUT2D eigenvalue weighted by Gasteiger charge is -2.30. The number of nitrogens with zero attached hydrogens (tertiary/aromatic N) is 3. The lowest BCUT2D eigenvalue weighted by molar-refractivity contribution is 0.0677. The molecule has 5 nitrogen and oxygen atoms in total. The van der Waals surface area contributed by atoms with Gasteiger partial charge in [0.25, 0.3) is 5.91 Å². The van der Waals surface area contributed by atoms with Gasteiger partial charge in [-0.1, -0.05) is 22.9 Å². The fraction of sp³-hybridized carbons (Fsp3) is 0.353. The highest BCUT2D eigenvalue weighted by Crippen LogP contribution is 2.19. The quantitative estimate of drug-likeness (QED) is 0.885. The minimum atomic E-state index is -0.0159. The van der Waals surface area contributed by atoms with Gasteiger partial charge in [-0.05, 0) is 49.1 Å². The van der Waals surface area contributed by atoms with Gasteiger partial charge in [0, 0.05) is 29.4 Å². The molecule has 23 heavy (non-hydrogen) atoms. The van der Waals surface area contributed by atoms with Crippen molar-refractivity contribution in [3.8, 4) is 0 Å². The van der Waals surface area contributed by atoms with Gasteiger partial charge in [0.05, 0.1) is 0 Å². The lowest BCUT2D eigenvalue weighted by Crippen LogP contribution is -2.39. The molecule has 1 N–H and O–H groups in total. The summed E-state index contributed by atoms with van der Waals surface area (Å²) >= 11 is 3.40. The summed E-state index contributed by atoms with van der Waals surface area (Å²) < 4.78 is 1.01. The van der Waals surface area contributed by atoms with Gasteiger partial charge in [-0.15, -0.1) is 0 Å². The van der Waals surface area contributed by atoms with Crippen LogP contribution in [0, 0.1) is 5.92 Å². The van der Waals surface area contributed by atoms with E-state index in [0.29, 0.717) is 17.6 Å². The number of benzene rings is 1. The Bertz CT molecular complexity index is 689. The summed E-state index contributed by atoms with van der Waals surface area (Å²) in [5.74, 6) is 0.968. The summed E-state index contributed by atoms with van der Waals surface area (Å²) in [5.41, 5.74) is 1.32. The molecular weight excluding hydrogens is 356 g/mol. The van der Waals surface area contributed by atoms with Crippen LogP contribution >= 0.6 is 15.9 Å². The standard InChI is InChI=1S/C17H19BrN4O/c1-12-3-2-10-22(11-12)16(23)15-8-9-19-17(21-15)20-14-6-4-13(18)5-7-14/h4-9,12H,2-3,10-11H2,1H3,(H,19,20,21). The second-order valence-corrected chi connectivity index (χ2v) is 6.81. The van der Waals surface area contributed by atoms with E-state index < -0.39 is 0 Å². The summed E-state index contributed by atoms with van der Waals surface area (Å²) in [6, 6.07) is 9.40. The number of rotatable bonds is 3. The minimum absolute atomic E-state index is 0.0159. The molecule has 1 aliphatic heterocycles. The molecule has 1 aliphatic rings. The van der Waals surface area contributed by atoms with Crippen LogP contribution in [0.3, 0.4) is 0 Å². The van der Waals surface area contributed by atoms with Crippen LogP contribution in [0.25, 0.3) is 0 Å². The van der Waals surface area contributed by atoms with E-state index in [4.69, 9.17) is 0 Å². The third-order valence-corrected chi connectivity index (χ3v) is 4.45. The van der Waals surface area contributed by atoms with Gasteiger partial charge in [0.1, 0.15) is 5.69 Å². The molecule has 0 spiro atoms. The Morgan fingerprint density at radius 3 is 2.83 bits per heavy atom. The predicted octanol–water partition coefficient (Wildman–Crippen LogP) is 3.85. The first-order valence-corrected chi connectivity index (χ1v) is 8.56. The van der Waals surface area contributed by atoms with Crippen LogP contribution in [-0.4, -0.2) is 33.9 Å². The largest absolute Gasteiger partial charge is 0.337 e. The second kappa shape index (κ2) is 7.08. The number of hydrogen-bond donors (Lipinski definition) is 1. The molecule has 1 aromatic carbocycles. The predicted molar refractivity (Wildman–Crippen MR) is 93.8 cm³/mol. The summed E-state index contributed by atoms with van der Waals surface area (Å²) in [5, 5.41) is 3.12. The van der Waals surface area contributed by atoms with Crippen LogP contribution in [0.5, 0.6) is 0 Å². The first-order chi connectivity index (χ1) is 11.1. The zero-order chi connectivity index (χ0) is 16.2. The Hall–Kier alpha value is -1.95. The highest BCUT2D eigenvalue weighted by molar-refractivity contribution is 9.10. The molecule has 1 unspecified atom stereocenters. The number of anilines is 2. The van der Waals surface area contributed by atoms with Crippen molar-refractivity contribution in [1.82, 2.24) is 14.9 Å². The van der Waals surface area contributed by atoms with Crippen molar-refractivity contribution in [1.29, 1.82) is 0 Å². The van der Waals surface area contributed by atoms with Gasteiger partial charge in [0.15, 0.2) is 0 Å². The number of hydrogen-bond acceptors (Lipinski definition) is 4. The molecule has 6 heteroatoms. The van der Waals surface area contributed by atoms with Crippen LogP contribution in [0.4, 0.5) is 11.6 Å². The molecule has 1 fully saturated rings. The normalized spacial score (nSPS) is 17.8. The van der Waals surface area contributed by atoms with Crippen LogP contribution in [0.1, 0.15) is 30.3 Å². The van der Waals surface area contributed by atoms with E-state index in [1.54, 1.807) is 12.3 Å². The summed E-state index contributed by atoms with van der Waals surface area (Å²) in [4.78, 5) is 23.0. The van der Waals surface area contributed by atoms with Crippen molar-refractivity contribution in [2.24, 2.45) is 5.92 Å². The second-order valence-electron chi connectivity index (χ2n) is 5.90. The van der Waals surface area contributed by atoms with E-state index in [-0.39, 0.29) is 5.91 Å². The monoisotopic (exact) mass is 374 g/mol. The molecule has 0 bridgehead atoms. The highest BCUT2D eigenvalue weighted by Gasteiger charge is 2.23. The van der Waals surface area contributed by atoms with Gasteiger partial charge >= 0.3 is 0 Å². The van der Waals surface area contributed by atoms with Crippen molar-refractivity contribution >= 4 is 33.5 Å². The molecule has 1 amide bonds. The number of amides is 1. The number of likely N-dealkylation sites (tertiary alicyclic amines) is 1. The maximum absolute atomic E-state index is 12.6. The zero-order valence-electron chi connectivity index (χ0n) is 13.0. The van der Waals surface area contributed by atoms with Crippen LogP contribution in [0.15, 0.2) is 41.0 Å². The van der Waals surface area contributed by atoms with Gasteiger partial charge in [-0.2, -0.15) is 0 Å². The van der Waals surface area contributed by atoms with Gasteiger partial charge < -0.3 is 10.2 Å². The number of nitrogens with one attached hydrogen (secondary N) is 1. The number of carbonyl (C=O) groups is 1. The average Bonchev–Trinajstić information content (AvgIpc) is 2.56. The van der Waals surface area contributed by atoms with E-state index in [9.17, 15) is 4.79 Å². The van der Waals surface area contributed by atoms with E-state index in [2.05, 4.69) is 38.1 Å². The number of aromatic nitrogens is 2. The first-order valence-electron chi connectivity index (χ1n) is 7.77. The molecule has 2 heterocycles. The Balaban J connectivity index is 1.74.